The molecule has 7 heteroatoms. The van der Waals surface area contributed by atoms with Gasteiger partial charge in [0.1, 0.15) is 0 Å². The summed E-state index contributed by atoms with van der Waals surface area (Å²) in [5.41, 5.74) is 4.91. The van der Waals surface area contributed by atoms with Gasteiger partial charge < -0.3 is 14.7 Å². The van der Waals surface area contributed by atoms with Crippen LogP contribution in [0.15, 0.2) is 47.0 Å². The third kappa shape index (κ3) is 3.96. The Morgan fingerprint density at radius 3 is 2.74 bits per heavy atom. The first-order chi connectivity index (χ1) is 14.9. The molecule has 160 valence electrons. The van der Waals surface area contributed by atoms with E-state index >= 15 is 0 Å². The molecule has 0 saturated carbocycles. The molecule has 2 heterocycles. The van der Waals surface area contributed by atoms with Gasteiger partial charge in [-0.1, -0.05) is 23.9 Å². The molecule has 2 aromatic rings. The lowest BCUT2D eigenvalue weighted by Gasteiger charge is -2.42. The minimum absolute atomic E-state index is 0.00827. The zero-order valence-electron chi connectivity index (χ0n) is 17.9. The number of rotatable bonds is 4. The van der Waals surface area contributed by atoms with Crippen LogP contribution in [0.3, 0.4) is 0 Å². The SMILES string of the molecule is CCOc1cc([C@@H]2CC(=O)N3CN(c4ccc(C)c(C)c4)CSC3=C2C#N)ccc1O. The molecular formula is C24H25N3O3S. The highest BCUT2D eigenvalue weighted by molar-refractivity contribution is 8.03. The molecule has 0 radical (unpaired) electrons. The molecule has 1 atom stereocenters. The van der Waals surface area contributed by atoms with Gasteiger partial charge >= 0.3 is 0 Å². The summed E-state index contributed by atoms with van der Waals surface area (Å²) >= 11 is 1.52. The van der Waals surface area contributed by atoms with Crippen molar-refractivity contribution >= 4 is 23.4 Å². The number of thioether (sulfide) groups is 1. The number of hydrogen-bond acceptors (Lipinski definition) is 6. The van der Waals surface area contributed by atoms with Crippen LogP contribution in [0.4, 0.5) is 5.69 Å². The predicted molar refractivity (Wildman–Crippen MR) is 122 cm³/mol. The highest BCUT2D eigenvalue weighted by Gasteiger charge is 2.38. The Morgan fingerprint density at radius 1 is 1.23 bits per heavy atom. The molecule has 0 bridgehead atoms. The fourth-order valence-corrected chi connectivity index (χ4v) is 5.12. The quantitative estimate of drug-likeness (QED) is 0.755. The van der Waals surface area contributed by atoms with Crippen molar-refractivity contribution in [3.05, 3.63) is 63.7 Å². The number of carbonyl (C=O) groups is 1. The van der Waals surface area contributed by atoms with E-state index in [0.29, 0.717) is 30.5 Å². The third-order valence-corrected chi connectivity index (χ3v) is 6.99. The highest BCUT2D eigenvalue weighted by Crippen LogP contribution is 2.44. The van der Waals surface area contributed by atoms with Crippen LogP contribution < -0.4 is 9.64 Å². The highest BCUT2D eigenvalue weighted by atomic mass is 32.2. The van der Waals surface area contributed by atoms with Crippen LogP contribution in [0.5, 0.6) is 11.5 Å². The molecule has 6 nitrogen and oxygen atoms in total. The number of nitrogens with zero attached hydrogens (tertiary/aromatic N) is 3. The average molecular weight is 436 g/mol. The molecule has 0 aliphatic carbocycles. The lowest BCUT2D eigenvalue weighted by atomic mass is 9.86. The Bertz CT molecular complexity index is 1110. The van der Waals surface area contributed by atoms with Crippen molar-refractivity contribution in [2.24, 2.45) is 0 Å². The summed E-state index contributed by atoms with van der Waals surface area (Å²) in [5, 5.41) is 20.7. The second kappa shape index (κ2) is 8.56. The molecule has 0 aromatic heterocycles. The van der Waals surface area contributed by atoms with E-state index in [2.05, 4.69) is 43.0 Å². The van der Waals surface area contributed by atoms with E-state index in [-0.39, 0.29) is 24.0 Å². The summed E-state index contributed by atoms with van der Waals surface area (Å²) in [5.74, 6) is 0.737. The monoisotopic (exact) mass is 435 g/mol. The molecule has 1 saturated heterocycles. The van der Waals surface area contributed by atoms with Gasteiger partial charge in [-0.25, -0.2) is 0 Å². The fourth-order valence-electron chi connectivity index (χ4n) is 3.95. The van der Waals surface area contributed by atoms with Gasteiger partial charge in [-0.2, -0.15) is 5.26 Å². The van der Waals surface area contributed by atoms with Crippen LogP contribution in [0.25, 0.3) is 0 Å². The largest absolute Gasteiger partial charge is 0.504 e. The number of anilines is 1. The van der Waals surface area contributed by atoms with E-state index in [4.69, 9.17) is 4.74 Å². The van der Waals surface area contributed by atoms with Gasteiger partial charge in [0.2, 0.25) is 5.91 Å². The van der Waals surface area contributed by atoms with E-state index in [0.717, 1.165) is 16.3 Å². The molecule has 31 heavy (non-hydrogen) atoms. The molecule has 1 amide bonds. The number of amides is 1. The van der Waals surface area contributed by atoms with Gasteiger partial charge in [0.25, 0.3) is 0 Å². The van der Waals surface area contributed by atoms with Crippen LogP contribution in [-0.4, -0.2) is 35.1 Å². The van der Waals surface area contributed by atoms with Crippen LogP contribution in [0, 0.1) is 25.2 Å². The number of aryl methyl sites for hydroxylation is 2. The first-order valence-corrected chi connectivity index (χ1v) is 11.3. The Morgan fingerprint density at radius 2 is 2.03 bits per heavy atom. The fraction of sp³-hybridized carbons (Fsp3) is 0.333. The van der Waals surface area contributed by atoms with Gasteiger partial charge in [-0.15, -0.1) is 0 Å². The van der Waals surface area contributed by atoms with Gasteiger partial charge in [-0.3, -0.25) is 9.69 Å². The average Bonchev–Trinajstić information content (AvgIpc) is 2.77. The number of phenolic OH excluding ortho intramolecular Hbond substituents is 1. The van der Waals surface area contributed by atoms with Crippen molar-refractivity contribution in [2.45, 2.75) is 33.1 Å². The van der Waals surface area contributed by atoms with Crippen molar-refractivity contribution < 1.29 is 14.6 Å². The van der Waals surface area contributed by atoms with Gasteiger partial charge in [0, 0.05) is 18.0 Å². The maximum atomic E-state index is 13.1. The summed E-state index contributed by atoms with van der Waals surface area (Å²) in [6.45, 7) is 6.86. The first-order valence-electron chi connectivity index (χ1n) is 10.3. The summed E-state index contributed by atoms with van der Waals surface area (Å²) in [6.07, 6.45) is 0.212. The van der Waals surface area contributed by atoms with Crippen LogP contribution in [0.1, 0.15) is 36.0 Å². The topological polar surface area (TPSA) is 76.8 Å². The zero-order valence-corrected chi connectivity index (χ0v) is 18.7. The molecular weight excluding hydrogens is 410 g/mol. The summed E-state index contributed by atoms with van der Waals surface area (Å²) in [6, 6.07) is 13.7. The number of aromatic hydroxyl groups is 1. The van der Waals surface area contributed by atoms with E-state index in [1.54, 1.807) is 23.1 Å². The number of ether oxygens (including phenoxy) is 1. The number of allylic oxidation sites excluding steroid dienone is 1. The Hall–Kier alpha value is -3.11. The number of fused-ring (bicyclic) bond motifs is 1. The van der Waals surface area contributed by atoms with Gasteiger partial charge in [0.15, 0.2) is 11.5 Å². The molecule has 0 unspecified atom stereocenters. The normalized spacial score (nSPS) is 18.6. The molecule has 1 N–H and O–H groups in total. The summed E-state index contributed by atoms with van der Waals surface area (Å²) < 4.78 is 5.50. The number of benzene rings is 2. The molecule has 0 spiro atoms. The molecule has 1 fully saturated rings. The standard InChI is InChI=1S/C24H25N3O3S/c1-4-30-22-10-17(6-8-21(22)28)19-11-23(29)27-13-26(14-31-24(27)20(19)12-25)18-7-5-15(2)16(3)9-18/h5-10,19,28H,4,11,13-14H2,1-3H3/t19-/m0/s1. The van der Waals surface area contributed by atoms with E-state index in [1.807, 2.05) is 6.92 Å². The smallest absolute Gasteiger partial charge is 0.229 e. The Balaban J connectivity index is 1.66. The van der Waals surface area contributed by atoms with Crippen molar-refractivity contribution in [3.63, 3.8) is 0 Å². The zero-order chi connectivity index (χ0) is 22.1. The second-order valence-electron chi connectivity index (χ2n) is 7.79. The van der Waals surface area contributed by atoms with E-state index in [1.165, 1.54) is 22.9 Å². The van der Waals surface area contributed by atoms with Crippen LogP contribution in [-0.2, 0) is 4.79 Å². The predicted octanol–water partition coefficient (Wildman–Crippen LogP) is 4.63. The summed E-state index contributed by atoms with van der Waals surface area (Å²) in [4.78, 5) is 17.0. The third-order valence-electron chi connectivity index (χ3n) is 5.84. The molecule has 2 aliphatic heterocycles. The Labute approximate surface area is 186 Å². The maximum absolute atomic E-state index is 13.1. The number of hydrogen-bond donors (Lipinski definition) is 1. The van der Waals surface area contributed by atoms with Crippen LogP contribution >= 0.6 is 11.8 Å². The van der Waals surface area contributed by atoms with E-state index in [9.17, 15) is 15.2 Å². The molecule has 4 rings (SSSR count). The van der Waals surface area contributed by atoms with Gasteiger partial charge in [0.05, 0.1) is 35.8 Å². The van der Waals surface area contributed by atoms with Crippen LogP contribution in [0.2, 0.25) is 0 Å². The van der Waals surface area contributed by atoms with Crippen molar-refractivity contribution in [1.82, 2.24) is 4.90 Å². The maximum Gasteiger partial charge on any atom is 0.229 e. The minimum atomic E-state index is -0.343. The number of nitriles is 1. The molecule has 2 aromatic carbocycles. The van der Waals surface area contributed by atoms with Gasteiger partial charge in [-0.05, 0) is 61.7 Å². The van der Waals surface area contributed by atoms with E-state index < -0.39 is 0 Å². The number of phenols is 1. The second-order valence-corrected chi connectivity index (χ2v) is 8.73. The number of carbonyl (C=O) groups excluding carboxylic acids is 1. The lowest BCUT2D eigenvalue weighted by molar-refractivity contribution is -0.129. The van der Waals surface area contributed by atoms with Crippen molar-refractivity contribution in [1.29, 1.82) is 5.26 Å². The Kier molecular flexibility index (Phi) is 5.84. The first kappa shape index (κ1) is 21.1. The minimum Gasteiger partial charge on any atom is -0.504 e. The summed E-state index contributed by atoms with van der Waals surface area (Å²) in [7, 11) is 0. The van der Waals surface area contributed by atoms with Crippen molar-refractivity contribution in [3.8, 4) is 17.6 Å². The van der Waals surface area contributed by atoms with Crippen molar-refractivity contribution in [2.75, 3.05) is 24.1 Å². The molecule has 2 aliphatic rings. The lowest BCUT2D eigenvalue weighted by Crippen LogP contribution is -2.47.